The Kier molecular flexibility index (Phi) is 7.88. The topological polar surface area (TPSA) is 74.6 Å². The fourth-order valence-electron chi connectivity index (χ4n) is 1.23. The number of carbonyl (C=O) groups is 2. The summed E-state index contributed by atoms with van der Waals surface area (Å²) >= 11 is 4.13. The summed E-state index contributed by atoms with van der Waals surface area (Å²) < 4.78 is 1.33. The molecule has 0 amide bonds. The Bertz CT molecular complexity index is 186. The predicted octanol–water partition coefficient (Wildman–Crippen LogP) is 2.04. The molecule has 0 radical (unpaired) electrons. The summed E-state index contributed by atoms with van der Waals surface area (Å²) in [5, 5.41) is 17.8. The van der Waals surface area contributed by atoms with E-state index in [0.29, 0.717) is 21.7 Å². The Balaban J connectivity index is 4.54. The summed E-state index contributed by atoms with van der Waals surface area (Å²) in [6, 6.07) is 0. The van der Waals surface area contributed by atoms with Crippen molar-refractivity contribution in [3.63, 3.8) is 0 Å². The summed E-state index contributed by atoms with van der Waals surface area (Å²) in [7, 11) is 0. The molecule has 0 heterocycles. The Morgan fingerprint density at radius 3 is 1.36 bits per heavy atom. The van der Waals surface area contributed by atoms with Crippen molar-refractivity contribution in [1.82, 2.24) is 0 Å². The van der Waals surface area contributed by atoms with Gasteiger partial charge in [0, 0.05) is 8.86 Å². The van der Waals surface area contributed by atoms with Gasteiger partial charge in [0.15, 0.2) is 0 Å². The van der Waals surface area contributed by atoms with Crippen LogP contribution in [0.4, 0.5) is 0 Å². The molecule has 0 aromatic rings. The molecular formula is C8H12I2O4. The number of hydrogen-bond donors (Lipinski definition) is 2. The van der Waals surface area contributed by atoms with Gasteiger partial charge in [0.05, 0.1) is 11.8 Å². The highest BCUT2D eigenvalue weighted by Gasteiger charge is 2.32. The van der Waals surface area contributed by atoms with Gasteiger partial charge in [-0.05, 0) is 12.8 Å². The number of rotatable bonds is 7. The van der Waals surface area contributed by atoms with E-state index < -0.39 is 23.8 Å². The first kappa shape index (κ1) is 14.4. The first-order valence-corrected chi connectivity index (χ1v) is 7.17. The fraction of sp³-hybridized carbons (Fsp3) is 0.750. The predicted molar refractivity (Wildman–Crippen MR) is 69.3 cm³/mol. The zero-order chi connectivity index (χ0) is 11.1. The second-order valence-corrected chi connectivity index (χ2v) is 5.00. The third-order valence-corrected chi connectivity index (χ3v) is 3.21. The van der Waals surface area contributed by atoms with Crippen LogP contribution in [-0.4, -0.2) is 31.0 Å². The highest BCUT2D eigenvalue weighted by molar-refractivity contribution is 14.1. The number of carboxylic acids is 2. The van der Waals surface area contributed by atoms with E-state index in [2.05, 4.69) is 45.2 Å². The van der Waals surface area contributed by atoms with Crippen LogP contribution in [0.25, 0.3) is 0 Å². The van der Waals surface area contributed by atoms with E-state index in [1.54, 1.807) is 0 Å². The number of hydrogen-bond acceptors (Lipinski definition) is 2. The van der Waals surface area contributed by atoms with Gasteiger partial charge in [0.25, 0.3) is 0 Å². The van der Waals surface area contributed by atoms with Crippen molar-refractivity contribution in [3.05, 3.63) is 0 Å². The normalized spacial score (nSPS) is 14.7. The lowest BCUT2D eigenvalue weighted by molar-refractivity contribution is -0.153. The minimum Gasteiger partial charge on any atom is -0.481 e. The van der Waals surface area contributed by atoms with Crippen molar-refractivity contribution in [3.8, 4) is 0 Å². The molecule has 4 nitrogen and oxygen atoms in total. The molecule has 0 saturated heterocycles. The average molecular weight is 426 g/mol. The molecule has 0 bridgehead atoms. The monoisotopic (exact) mass is 426 g/mol. The Hall–Kier alpha value is 0.400. The molecule has 0 rings (SSSR count). The molecule has 14 heavy (non-hydrogen) atoms. The van der Waals surface area contributed by atoms with Gasteiger partial charge in [-0.1, -0.05) is 45.2 Å². The summed E-state index contributed by atoms with van der Waals surface area (Å²) in [5.41, 5.74) is 0. The van der Waals surface area contributed by atoms with Crippen molar-refractivity contribution in [1.29, 1.82) is 0 Å². The number of carboxylic acid groups (broad SMARTS) is 2. The first-order valence-electron chi connectivity index (χ1n) is 4.12. The lowest BCUT2D eigenvalue weighted by Crippen LogP contribution is -2.30. The quantitative estimate of drug-likeness (QED) is 0.483. The molecule has 2 N–H and O–H groups in total. The van der Waals surface area contributed by atoms with Crippen molar-refractivity contribution < 1.29 is 19.8 Å². The molecule has 0 aliphatic heterocycles. The maximum atomic E-state index is 10.8. The van der Waals surface area contributed by atoms with Gasteiger partial charge in [-0.15, -0.1) is 0 Å². The lowest BCUT2D eigenvalue weighted by atomic mass is 9.88. The van der Waals surface area contributed by atoms with E-state index in [4.69, 9.17) is 10.2 Å². The second-order valence-electron chi connectivity index (χ2n) is 2.84. The van der Waals surface area contributed by atoms with Crippen molar-refractivity contribution >= 4 is 57.1 Å². The van der Waals surface area contributed by atoms with Crippen LogP contribution < -0.4 is 0 Å². The number of aliphatic carboxylic acids is 2. The van der Waals surface area contributed by atoms with Crippen LogP contribution in [0.15, 0.2) is 0 Å². The lowest BCUT2D eigenvalue weighted by Gasteiger charge is -2.18. The summed E-state index contributed by atoms with van der Waals surface area (Å²) in [6.07, 6.45) is 0.840. The maximum absolute atomic E-state index is 10.8. The molecule has 0 saturated carbocycles. The molecule has 0 fully saturated rings. The van der Waals surface area contributed by atoms with Crippen LogP contribution in [0.3, 0.4) is 0 Å². The molecule has 0 spiro atoms. The Labute approximate surface area is 110 Å². The van der Waals surface area contributed by atoms with Crippen molar-refractivity contribution in [2.75, 3.05) is 8.86 Å². The van der Waals surface area contributed by atoms with E-state index in [-0.39, 0.29) is 0 Å². The third kappa shape index (κ3) is 4.76. The Morgan fingerprint density at radius 1 is 0.929 bits per heavy atom. The van der Waals surface area contributed by atoms with E-state index >= 15 is 0 Å². The highest BCUT2D eigenvalue weighted by Crippen LogP contribution is 2.22. The average Bonchev–Trinajstić information content (AvgIpc) is 2.10. The van der Waals surface area contributed by atoms with Crippen LogP contribution in [-0.2, 0) is 9.59 Å². The minimum absolute atomic E-state index is 0.420. The molecule has 6 heteroatoms. The van der Waals surface area contributed by atoms with Gasteiger partial charge in [-0.2, -0.15) is 0 Å². The molecular weight excluding hydrogens is 414 g/mol. The summed E-state index contributed by atoms with van der Waals surface area (Å²) in [6.45, 7) is 0. The largest absolute Gasteiger partial charge is 0.481 e. The Morgan fingerprint density at radius 2 is 1.21 bits per heavy atom. The van der Waals surface area contributed by atoms with Crippen molar-refractivity contribution in [2.24, 2.45) is 11.8 Å². The van der Waals surface area contributed by atoms with Crippen LogP contribution in [0, 0.1) is 11.8 Å². The fourth-order valence-corrected chi connectivity index (χ4v) is 2.57. The zero-order valence-corrected chi connectivity index (χ0v) is 11.8. The van der Waals surface area contributed by atoms with E-state index in [0.717, 1.165) is 0 Å². The van der Waals surface area contributed by atoms with Crippen LogP contribution in [0.5, 0.6) is 0 Å². The van der Waals surface area contributed by atoms with Gasteiger partial charge in [-0.3, -0.25) is 9.59 Å². The highest BCUT2D eigenvalue weighted by atomic mass is 127. The molecule has 0 aliphatic carbocycles. The smallest absolute Gasteiger partial charge is 0.307 e. The molecule has 0 aromatic carbocycles. The minimum atomic E-state index is -1.00. The van der Waals surface area contributed by atoms with E-state index in [1.165, 1.54) is 0 Å². The number of alkyl halides is 2. The zero-order valence-electron chi connectivity index (χ0n) is 7.45. The van der Waals surface area contributed by atoms with Crippen LogP contribution in [0.2, 0.25) is 0 Å². The third-order valence-electron chi connectivity index (χ3n) is 1.96. The molecule has 82 valence electrons. The standard InChI is InChI=1S/C8H12I2O4/c9-3-1-5(7(11)12)6(2-4-10)8(13)14/h5-6H,1-4H2,(H,11,12)(H,13,14). The van der Waals surface area contributed by atoms with E-state index in [1.807, 2.05) is 0 Å². The van der Waals surface area contributed by atoms with Crippen LogP contribution in [0.1, 0.15) is 12.8 Å². The second kappa shape index (κ2) is 7.66. The molecule has 0 aliphatic rings. The number of halogens is 2. The molecule has 2 unspecified atom stereocenters. The van der Waals surface area contributed by atoms with Gasteiger partial charge < -0.3 is 10.2 Å². The van der Waals surface area contributed by atoms with Gasteiger partial charge >= 0.3 is 11.9 Å². The van der Waals surface area contributed by atoms with Gasteiger partial charge in [-0.25, -0.2) is 0 Å². The molecule has 0 aromatic heterocycles. The van der Waals surface area contributed by atoms with Gasteiger partial charge in [0.1, 0.15) is 0 Å². The van der Waals surface area contributed by atoms with Crippen molar-refractivity contribution in [2.45, 2.75) is 12.8 Å². The molecule has 2 atom stereocenters. The van der Waals surface area contributed by atoms with E-state index in [9.17, 15) is 9.59 Å². The van der Waals surface area contributed by atoms with Gasteiger partial charge in [0.2, 0.25) is 0 Å². The summed E-state index contributed by atoms with van der Waals surface area (Å²) in [5.74, 6) is -3.50. The SMILES string of the molecule is O=C(O)C(CCI)C(CCI)C(=O)O. The van der Waals surface area contributed by atoms with Crippen LogP contribution >= 0.6 is 45.2 Å². The maximum Gasteiger partial charge on any atom is 0.307 e. The first-order chi connectivity index (χ1) is 6.54. The summed E-state index contributed by atoms with van der Waals surface area (Å²) in [4.78, 5) is 21.7.